The molecule has 0 aliphatic heterocycles. The summed E-state index contributed by atoms with van der Waals surface area (Å²) in [6.45, 7) is 5.67. The van der Waals surface area contributed by atoms with Crippen LogP contribution in [0.5, 0.6) is 0 Å². The summed E-state index contributed by atoms with van der Waals surface area (Å²) in [5.41, 5.74) is 2.94. The summed E-state index contributed by atoms with van der Waals surface area (Å²) < 4.78 is 0.863. The van der Waals surface area contributed by atoms with Gasteiger partial charge in [0.2, 0.25) is 0 Å². The Hall–Kier alpha value is -0.260. The van der Waals surface area contributed by atoms with Crippen molar-refractivity contribution in [3.05, 3.63) is 28.9 Å². The third kappa shape index (κ3) is 5.74. The Morgan fingerprint density at radius 2 is 2.50 bits per heavy atom. The van der Waals surface area contributed by atoms with Crippen molar-refractivity contribution in [2.75, 3.05) is 0 Å². The molecule has 0 N–H and O–H groups in total. The monoisotopic (exact) mass is 172 g/mol. The van der Waals surface area contributed by atoms with E-state index in [2.05, 4.69) is 35.2 Å². The van der Waals surface area contributed by atoms with E-state index in [1.165, 1.54) is 0 Å². The number of allylic oxidation sites excluding steroid dienone is 2. The molecule has 0 fully saturated rings. The first kappa shape index (κ1) is 7.74. The topological polar surface area (TPSA) is 0 Å². The molecule has 0 saturated carbocycles. The van der Waals surface area contributed by atoms with Crippen LogP contribution in [0, 0.1) is 0 Å². The highest BCUT2D eigenvalue weighted by Crippen LogP contribution is 1.99. The van der Waals surface area contributed by atoms with E-state index in [1.807, 2.05) is 6.08 Å². The lowest BCUT2D eigenvalue weighted by Gasteiger charge is -1.72. The second-order valence-corrected chi connectivity index (χ2v) is 2.39. The molecule has 0 aromatic rings. The summed E-state index contributed by atoms with van der Waals surface area (Å²) in [4.78, 5) is 0. The van der Waals surface area contributed by atoms with Gasteiger partial charge in [0.1, 0.15) is 0 Å². The molecule has 0 radical (unpaired) electrons. The van der Waals surface area contributed by atoms with E-state index in [9.17, 15) is 0 Å². The number of hydrogen-bond donors (Lipinski definition) is 0. The van der Waals surface area contributed by atoms with Gasteiger partial charge in [-0.05, 0) is 18.6 Å². The summed E-state index contributed by atoms with van der Waals surface area (Å²) in [5.74, 6) is 0. The minimum atomic E-state index is 0.863. The number of halogens is 1. The van der Waals surface area contributed by atoms with E-state index in [0.717, 1.165) is 10.9 Å². The fourth-order valence-electron chi connectivity index (χ4n) is 0.267. The molecule has 1 heteroatoms. The standard InChI is InChI=1S/C7H9Br/c1-3-4-5-6-7(2)8/h4,6H,2-3H2,1H3. The van der Waals surface area contributed by atoms with E-state index >= 15 is 0 Å². The molecule has 0 nitrogen and oxygen atoms in total. The molecule has 44 valence electrons. The third-order valence-electron chi connectivity index (χ3n) is 0.562. The minimum Gasteiger partial charge on any atom is -0.124 e. The van der Waals surface area contributed by atoms with Gasteiger partial charge in [0.15, 0.2) is 0 Å². The molecule has 0 aliphatic carbocycles. The summed E-state index contributed by atoms with van der Waals surface area (Å²) in [5, 5.41) is 0. The lowest BCUT2D eigenvalue weighted by molar-refractivity contribution is 1.23. The van der Waals surface area contributed by atoms with Crippen LogP contribution in [0.15, 0.2) is 28.9 Å². The number of hydrogen-bond acceptors (Lipinski definition) is 0. The van der Waals surface area contributed by atoms with Crippen LogP contribution in [0.3, 0.4) is 0 Å². The average molecular weight is 173 g/mol. The molecule has 8 heavy (non-hydrogen) atoms. The van der Waals surface area contributed by atoms with Gasteiger partial charge in [0.25, 0.3) is 0 Å². The van der Waals surface area contributed by atoms with Crippen LogP contribution >= 0.6 is 15.9 Å². The second kappa shape index (κ2) is 4.89. The molecule has 0 atom stereocenters. The predicted octanol–water partition coefficient (Wildman–Crippen LogP) is 3.02. The van der Waals surface area contributed by atoms with E-state index in [-0.39, 0.29) is 0 Å². The van der Waals surface area contributed by atoms with E-state index in [1.54, 1.807) is 6.08 Å². The van der Waals surface area contributed by atoms with Gasteiger partial charge in [-0.3, -0.25) is 0 Å². The van der Waals surface area contributed by atoms with E-state index < -0.39 is 0 Å². The van der Waals surface area contributed by atoms with E-state index in [0.29, 0.717) is 0 Å². The molecule has 0 aromatic carbocycles. The molecule has 0 saturated heterocycles. The Balaban J connectivity index is 3.64. The first-order valence-corrected chi connectivity index (χ1v) is 3.32. The lowest BCUT2D eigenvalue weighted by atomic mass is 10.4. The molecule has 0 spiro atoms. The van der Waals surface area contributed by atoms with Crippen molar-refractivity contribution in [2.24, 2.45) is 0 Å². The number of rotatable bonds is 2. The highest BCUT2D eigenvalue weighted by Gasteiger charge is 1.68. The summed E-state index contributed by atoms with van der Waals surface area (Å²) in [7, 11) is 0. The molecule has 0 bridgehead atoms. The summed E-state index contributed by atoms with van der Waals surface area (Å²) in [6.07, 6.45) is 4.77. The van der Waals surface area contributed by atoms with Crippen LogP contribution in [-0.2, 0) is 0 Å². The maximum Gasteiger partial charge on any atom is 0.0180 e. The highest BCUT2D eigenvalue weighted by atomic mass is 79.9. The molecule has 0 amide bonds. The van der Waals surface area contributed by atoms with Crippen molar-refractivity contribution in [1.82, 2.24) is 0 Å². The average Bonchev–Trinajstić information content (AvgIpc) is 1.66. The zero-order chi connectivity index (χ0) is 6.41. The fraction of sp³-hybridized carbons (Fsp3) is 0.286. The SMILES string of the molecule is C=C(Br)C=C=CCC. The van der Waals surface area contributed by atoms with Gasteiger partial charge in [0, 0.05) is 4.48 Å². The van der Waals surface area contributed by atoms with Gasteiger partial charge in [-0.15, -0.1) is 5.73 Å². The van der Waals surface area contributed by atoms with Gasteiger partial charge in [-0.25, -0.2) is 0 Å². The Bertz CT molecular complexity index is 127. The maximum absolute atomic E-state index is 3.61. The predicted molar refractivity (Wildman–Crippen MR) is 41.0 cm³/mol. The molecule has 0 heterocycles. The minimum absolute atomic E-state index is 0.863. The first-order chi connectivity index (χ1) is 3.77. The van der Waals surface area contributed by atoms with Crippen molar-refractivity contribution < 1.29 is 0 Å². The van der Waals surface area contributed by atoms with Crippen LogP contribution in [0.25, 0.3) is 0 Å². The Morgan fingerprint density at radius 1 is 1.88 bits per heavy atom. The van der Waals surface area contributed by atoms with Crippen LogP contribution in [-0.4, -0.2) is 0 Å². The second-order valence-electron chi connectivity index (χ2n) is 1.37. The van der Waals surface area contributed by atoms with Crippen molar-refractivity contribution in [1.29, 1.82) is 0 Å². The van der Waals surface area contributed by atoms with Gasteiger partial charge < -0.3 is 0 Å². The quantitative estimate of drug-likeness (QED) is 0.444. The van der Waals surface area contributed by atoms with Crippen LogP contribution in [0.2, 0.25) is 0 Å². The molecular formula is C7H9Br. The molecule has 0 aromatic heterocycles. The van der Waals surface area contributed by atoms with Crippen molar-refractivity contribution in [3.8, 4) is 0 Å². The van der Waals surface area contributed by atoms with Gasteiger partial charge in [-0.2, -0.15) is 0 Å². The summed E-state index contributed by atoms with van der Waals surface area (Å²) in [6, 6.07) is 0. The molecule has 0 unspecified atom stereocenters. The van der Waals surface area contributed by atoms with Crippen molar-refractivity contribution in [2.45, 2.75) is 13.3 Å². The first-order valence-electron chi connectivity index (χ1n) is 2.52. The van der Waals surface area contributed by atoms with Gasteiger partial charge in [0.05, 0.1) is 0 Å². The smallest absolute Gasteiger partial charge is 0.0180 e. The van der Waals surface area contributed by atoms with Crippen LogP contribution < -0.4 is 0 Å². The molecular weight excluding hydrogens is 164 g/mol. The zero-order valence-electron chi connectivity index (χ0n) is 4.95. The largest absolute Gasteiger partial charge is 0.124 e. The molecule has 0 rings (SSSR count). The Labute approximate surface area is 58.7 Å². The van der Waals surface area contributed by atoms with Crippen LogP contribution in [0.1, 0.15) is 13.3 Å². The van der Waals surface area contributed by atoms with Crippen LogP contribution in [0.4, 0.5) is 0 Å². The highest BCUT2D eigenvalue weighted by molar-refractivity contribution is 9.11. The van der Waals surface area contributed by atoms with Gasteiger partial charge in [-0.1, -0.05) is 29.4 Å². The Morgan fingerprint density at radius 3 is 2.88 bits per heavy atom. The summed E-state index contributed by atoms with van der Waals surface area (Å²) >= 11 is 3.17. The van der Waals surface area contributed by atoms with Crippen molar-refractivity contribution >= 4 is 15.9 Å². The normalized spacial score (nSPS) is 7.25. The lowest BCUT2D eigenvalue weighted by Crippen LogP contribution is -1.49. The third-order valence-corrected chi connectivity index (χ3v) is 0.791. The van der Waals surface area contributed by atoms with Crippen molar-refractivity contribution in [3.63, 3.8) is 0 Å². The molecule has 0 aliphatic rings. The van der Waals surface area contributed by atoms with Gasteiger partial charge >= 0.3 is 0 Å². The fourth-order valence-corrected chi connectivity index (χ4v) is 0.399. The maximum atomic E-state index is 3.61. The Kier molecular flexibility index (Phi) is 4.73. The van der Waals surface area contributed by atoms with E-state index in [4.69, 9.17) is 0 Å². The zero-order valence-corrected chi connectivity index (χ0v) is 6.53.